The number of carboxylic acids is 1. The highest BCUT2D eigenvalue weighted by Crippen LogP contribution is 2.16. The Bertz CT molecular complexity index is 340. The van der Waals surface area contributed by atoms with Gasteiger partial charge in [0.1, 0.15) is 11.9 Å². The van der Waals surface area contributed by atoms with Crippen molar-refractivity contribution in [3.63, 3.8) is 0 Å². The normalized spacial score (nSPS) is 14.6. The molecular formula is C10H13FN2O2. The van der Waals surface area contributed by atoms with E-state index in [9.17, 15) is 9.18 Å². The van der Waals surface area contributed by atoms with Crippen LogP contribution in [0.2, 0.25) is 0 Å². The van der Waals surface area contributed by atoms with Crippen LogP contribution in [0, 0.1) is 5.82 Å². The van der Waals surface area contributed by atoms with Gasteiger partial charge in [-0.2, -0.15) is 0 Å². The summed E-state index contributed by atoms with van der Waals surface area (Å²) in [6.07, 6.45) is 0. The molecule has 2 atom stereocenters. The molecule has 4 N–H and O–H groups in total. The van der Waals surface area contributed by atoms with Crippen molar-refractivity contribution in [2.45, 2.75) is 12.1 Å². The number of halogens is 1. The van der Waals surface area contributed by atoms with Gasteiger partial charge in [-0.15, -0.1) is 0 Å². The van der Waals surface area contributed by atoms with Crippen molar-refractivity contribution in [2.24, 2.45) is 5.73 Å². The molecule has 0 aliphatic heterocycles. The van der Waals surface area contributed by atoms with Gasteiger partial charge in [0.25, 0.3) is 0 Å². The van der Waals surface area contributed by atoms with E-state index in [1.807, 2.05) is 0 Å². The molecule has 0 aliphatic rings. The first-order chi connectivity index (χ1) is 7.06. The van der Waals surface area contributed by atoms with Crippen LogP contribution in [0.3, 0.4) is 0 Å². The molecule has 82 valence electrons. The predicted octanol–water partition coefficient (Wildman–Crippen LogP) is 0.498. The maximum absolute atomic E-state index is 12.6. The summed E-state index contributed by atoms with van der Waals surface area (Å²) in [5.41, 5.74) is 6.13. The number of hydrogen-bond acceptors (Lipinski definition) is 3. The number of likely N-dealkylation sites (N-methyl/N-ethyl adjacent to an activating group) is 1. The topological polar surface area (TPSA) is 75.3 Å². The molecule has 4 nitrogen and oxygen atoms in total. The molecule has 0 heterocycles. The molecule has 0 saturated carbocycles. The Kier molecular flexibility index (Phi) is 3.76. The molecule has 0 radical (unpaired) electrons. The highest BCUT2D eigenvalue weighted by Gasteiger charge is 2.23. The molecule has 1 aromatic rings. The van der Waals surface area contributed by atoms with Gasteiger partial charge in [0, 0.05) is 0 Å². The predicted molar refractivity (Wildman–Crippen MR) is 53.8 cm³/mol. The lowest BCUT2D eigenvalue weighted by atomic mass is 10.0. The first-order valence-corrected chi connectivity index (χ1v) is 4.47. The minimum atomic E-state index is -1.10. The van der Waals surface area contributed by atoms with Gasteiger partial charge in [-0.25, -0.2) is 4.39 Å². The summed E-state index contributed by atoms with van der Waals surface area (Å²) in [6.45, 7) is 0. The summed E-state index contributed by atoms with van der Waals surface area (Å²) in [7, 11) is 1.61. The van der Waals surface area contributed by atoms with Crippen LogP contribution < -0.4 is 11.1 Å². The number of carboxylic acid groups (broad SMARTS) is 1. The van der Waals surface area contributed by atoms with Gasteiger partial charge in [-0.1, -0.05) is 12.1 Å². The van der Waals surface area contributed by atoms with E-state index in [-0.39, 0.29) is 5.82 Å². The van der Waals surface area contributed by atoms with Crippen molar-refractivity contribution in [2.75, 3.05) is 7.05 Å². The maximum atomic E-state index is 12.6. The Hall–Kier alpha value is -1.46. The quantitative estimate of drug-likeness (QED) is 0.679. The third kappa shape index (κ3) is 2.74. The summed E-state index contributed by atoms with van der Waals surface area (Å²) < 4.78 is 12.6. The van der Waals surface area contributed by atoms with Gasteiger partial charge in [-0.3, -0.25) is 4.79 Å². The van der Waals surface area contributed by atoms with Gasteiger partial charge < -0.3 is 16.2 Å². The number of aliphatic carboxylic acids is 1. The van der Waals surface area contributed by atoms with E-state index < -0.39 is 18.1 Å². The number of rotatable bonds is 4. The molecule has 0 aromatic heterocycles. The van der Waals surface area contributed by atoms with E-state index in [1.165, 1.54) is 24.3 Å². The number of nitrogens with two attached hydrogens (primary N) is 1. The number of hydrogen-bond donors (Lipinski definition) is 3. The van der Waals surface area contributed by atoms with E-state index in [1.54, 1.807) is 7.05 Å². The Morgan fingerprint density at radius 3 is 2.40 bits per heavy atom. The van der Waals surface area contributed by atoms with Gasteiger partial charge >= 0.3 is 5.97 Å². The minimum Gasteiger partial charge on any atom is -0.480 e. The molecule has 0 bridgehead atoms. The van der Waals surface area contributed by atoms with Crippen molar-refractivity contribution in [3.8, 4) is 0 Å². The molecule has 5 heteroatoms. The molecule has 0 amide bonds. The smallest absolute Gasteiger partial charge is 0.322 e. The summed E-state index contributed by atoms with van der Waals surface area (Å²) >= 11 is 0. The lowest BCUT2D eigenvalue weighted by Crippen LogP contribution is -2.42. The van der Waals surface area contributed by atoms with Crippen LogP contribution in [0.25, 0.3) is 0 Å². The molecular weight excluding hydrogens is 199 g/mol. The summed E-state index contributed by atoms with van der Waals surface area (Å²) in [5, 5.41) is 11.6. The van der Waals surface area contributed by atoms with Crippen molar-refractivity contribution < 1.29 is 14.3 Å². The highest BCUT2D eigenvalue weighted by atomic mass is 19.1. The van der Waals surface area contributed by atoms with Gasteiger partial charge in [-0.05, 0) is 24.7 Å². The Labute approximate surface area is 86.9 Å². The number of carbonyl (C=O) groups is 1. The standard InChI is InChI=1S/C10H13FN2O2/c1-13-9(8(12)10(14)15)6-2-4-7(11)5-3-6/h2-5,8-9,13H,12H2,1H3,(H,14,15). The molecule has 15 heavy (non-hydrogen) atoms. The van der Waals surface area contributed by atoms with Gasteiger partial charge in [0.05, 0.1) is 6.04 Å². The van der Waals surface area contributed by atoms with Crippen LogP contribution in [-0.2, 0) is 4.79 Å². The maximum Gasteiger partial charge on any atom is 0.322 e. The minimum absolute atomic E-state index is 0.363. The van der Waals surface area contributed by atoms with E-state index in [2.05, 4.69) is 5.32 Å². The van der Waals surface area contributed by atoms with Crippen LogP contribution in [-0.4, -0.2) is 24.2 Å². The van der Waals surface area contributed by atoms with Crippen LogP contribution >= 0.6 is 0 Å². The first-order valence-electron chi connectivity index (χ1n) is 4.47. The molecule has 0 saturated heterocycles. The molecule has 0 aliphatic carbocycles. The van der Waals surface area contributed by atoms with E-state index >= 15 is 0 Å². The van der Waals surface area contributed by atoms with Crippen molar-refractivity contribution >= 4 is 5.97 Å². The SMILES string of the molecule is CNC(c1ccc(F)cc1)C(N)C(=O)O. The zero-order valence-electron chi connectivity index (χ0n) is 8.27. The Balaban J connectivity index is 2.92. The first kappa shape index (κ1) is 11.6. The average molecular weight is 212 g/mol. The Morgan fingerprint density at radius 1 is 1.47 bits per heavy atom. The van der Waals surface area contributed by atoms with Crippen molar-refractivity contribution in [3.05, 3.63) is 35.6 Å². The van der Waals surface area contributed by atoms with E-state index in [0.717, 1.165) is 0 Å². The Morgan fingerprint density at radius 2 is 2.00 bits per heavy atom. The lowest BCUT2D eigenvalue weighted by Gasteiger charge is -2.20. The second kappa shape index (κ2) is 4.86. The fraction of sp³-hybridized carbons (Fsp3) is 0.300. The van der Waals surface area contributed by atoms with Crippen LogP contribution in [0.4, 0.5) is 4.39 Å². The monoisotopic (exact) mass is 212 g/mol. The molecule has 1 aromatic carbocycles. The summed E-state index contributed by atoms with van der Waals surface area (Å²) in [4.78, 5) is 10.7. The second-order valence-electron chi connectivity index (χ2n) is 3.18. The van der Waals surface area contributed by atoms with Gasteiger partial charge in [0.2, 0.25) is 0 Å². The molecule has 0 fully saturated rings. The van der Waals surface area contributed by atoms with Gasteiger partial charge in [0.15, 0.2) is 0 Å². The summed E-state index contributed by atoms with van der Waals surface area (Å²) in [6, 6.07) is 3.99. The molecule has 1 rings (SSSR count). The van der Waals surface area contributed by atoms with Crippen LogP contribution in [0.15, 0.2) is 24.3 Å². The van der Waals surface area contributed by atoms with E-state index in [0.29, 0.717) is 5.56 Å². The highest BCUT2D eigenvalue weighted by molar-refractivity contribution is 5.74. The third-order valence-electron chi connectivity index (χ3n) is 2.18. The van der Waals surface area contributed by atoms with Crippen molar-refractivity contribution in [1.29, 1.82) is 0 Å². The number of benzene rings is 1. The zero-order chi connectivity index (χ0) is 11.4. The van der Waals surface area contributed by atoms with E-state index in [4.69, 9.17) is 10.8 Å². The lowest BCUT2D eigenvalue weighted by molar-refractivity contribution is -0.139. The average Bonchev–Trinajstić information content (AvgIpc) is 2.21. The van der Waals surface area contributed by atoms with Crippen molar-refractivity contribution in [1.82, 2.24) is 5.32 Å². The molecule has 2 unspecified atom stereocenters. The number of nitrogens with one attached hydrogen (secondary N) is 1. The molecule has 0 spiro atoms. The zero-order valence-corrected chi connectivity index (χ0v) is 8.27. The second-order valence-corrected chi connectivity index (χ2v) is 3.18. The third-order valence-corrected chi connectivity index (χ3v) is 2.18. The van der Waals surface area contributed by atoms with Crippen LogP contribution in [0.1, 0.15) is 11.6 Å². The fourth-order valence-corrected chi connectivity index (χ4v) is 1.37. The van der Waals surface area contributed by atoms with Crippen LogP contribution in [0.5, 0.6) is 0 Å². The largest absolute Gasteiger partial charge is 0.480 e. The fourth-order valence-electron chi connectivity index (χ4n) is 1.37. The summed E-state index contributed by atoms with van der Waals surface area (Å²) in [5.74, 6) is -1.46.